The molecule has 30 heavy (non-hydrogen) atoms. The number of fused-ring (bicyclic) bond motifs is 1. The number of carbonyl (C=O) groups is 1. The molecule has 160 valence electrons. The third kappa shape index (κ3) is 3.62. The minimum atomic E-state index is -1.39. The Labute approximate surface area is 176 Å². The van der Waals surface area contributed by atoms with Gasteiger partial charge < -0.3 is 19.3 Å². The number of nitrogens with one attached hydrogen (secondary N) is 1. The highest BCUT2D eigenvalue weighted by molar-refractivity contribution is 5.99. The fourth-order valence-electron chi connectivity index (χ4n) is 4.42. The molecule has 1 aliphatic heterocycles. The Kier molecular flexibility index (Phi) is 5.90. The number of carbonyl (C=O) groups excluding carboxylic acids is 1. The van der Waals surface area contributed by atoms with E-state index < -0.39 is 11.6 Å². The molecule has 0 amide bonds. The molecule has 1 aliphatic carbocycles. The number of rotatable bonds is 6. The van der Waals surface area contributed by atoms with Crippen molar-refractivity contribution < 1.29 is 18.8 Å². The van der Waals surface area contributed by atoms with Gasteiger partial charge in [-0.25, -0.2) is 4.79 Å². The van der Waals surface area contributed by atoms with Crippen molar-refractivity contribution >= 4 is 17.5 Å². The first-order valence-corrected chi connectivity index (χ1v) is 10.8. The van der Waals surface area contributed by atoms with Crippen molar-refractivity contribution in [3.8, 4) is 0 Å². The number of esters is 1. The Hall–Kier alpha value is -2.67. The van der Waals surface area contributed by atoms with Crippen LogP contribution in [0, 0.1) is 6.92 Å². The average molecular weight is 412 g/mol. The molecule has 1 atom stereocenters. The van der Waals surface area contributed by atoms with E-state index in [2.05, 4.69) is 35.4 Å². The largest absolute Gasteiger partial charge is 0.463 e. The van der Waals surface area contributed by atoms with Crippen molar-refractivity contribution in [2.45, 2.75) is 58.5 Å². The topological polar surface area (TPSA) is 86.0 Å². The van der Waals surface area contributed by atoms with E-state index in [1.165, 1.54) is 40.6 Å². The van der Waals surface area contributed by atoms with Crippen LogP contribution >= 0.6 is 0 Å². The monoisotopic (exact) mass is 411 g/mol. The Morgan fingerprint density at radius 3 is 2.87 bits per heavy atom. The lowest BCUT2D eigenvalue weighted by Crippen LogP contribution is -2.48. The second-order valence-corrected chi connectivity index (χ2v) is 7.89. The highest BCUT2D eigenvalue weighted by Gasteiger charge is 2.48. The van der Waals surface area contributed by atoms with E-state index in [4.69, 9.17) is 14.0 Å². The number of ether oxygens (including phenoxy) is 2. The molecule has 1 N–H and O–H groups in total. The molecule has 0 bridgehead atoms. The van der Waals surface area contributed by atoms with Crippen molar-refractivity contribution in [1.82, 2.24) is 5.16 Å². The van der Waals surface area contributed by atoms with Crippen LogP contribution < -0.4 is 5.32 Å². The lowest BCUT2D eigenvalue weighted by atomic mass is 9.94. The summed E-state index contributed by atoms with van der Waals surface area (Å²) in [6, 6.07) is 3.96. The number of anilines is 1. The van der Waals surface area contributed by atoms with Crippen molar-refractivity contribution in [2.75, 3.05) is 25.1 Å². The molecule has 1 aromatic carbocycles. The molecule has 0 radical (unpaired) electrons. The summed E-state index contributed by atoms with van der Waals surface area (Å²) in [7, 11) is 0. The number of aryl methyl sites for hydroxylation is 2. The smallest absolute Gasteiger partial charge is 0.348 e. The number of aliphatic imine (C=N–C) groups is 1. The van der Waals surface area contributed by atoms with Gasteiger partial charge in [0.2, 0.25) is 5.60 Å². The third-order valence-electron chi connectivity index (χ3n) is 5.89. The van der Waals surface area contributed by atoms with Gasteiger partial charge in [0, 0.05) is 11.8 Å². The Bertz CT molecular complexity index is 952. The lowest BCUT2D eigenvalue weighted by molar-refractivity contribution is -0.174. The molecule has 1 unspecified atom stereocenters. The molecule has 0 saturated carbocycles. The molecule has 4 rings (SSSR count). The molecule has 2 aromatic rings. The Balaban J connectivity index is 1.64. The van der Waals surface area contributed by atoms with E-state index in [1.54, 1.807) is 13.0 Å². The summed E-state index contributed by atoms with van der Waals surface area (Å²) in [6.07, 6.45) is 6.96. The number of aromatic nitrogens is 1. The van der Waals surface area contributed by atoms with Crippen molar-refractivity contribution in [1.29, 1.82) is 0 Å². The summed E-state index contributed by atoms with van der Waals surface area (Å²) < 4.78 is 16.6. The van der Waals surface area contributed by atoms with Crippen LogP contribution in [0.5, 0.6) is 0 Å². The van der Waals surface area contributed by atoms with Crippen LogP contribution in [-0.2, 0) is 39.1 Å². The fourth-order valence-corrected chi connectivity index (χ4v) is 4.42. The average Bonchev–Trinajstić information content (AvgIpc) is 3.43. The zero-order chi connectivity index (χ0) is 21.1. The molecule has 2 heterocycles. The van der Waals surface area contributed by atoms with Crippen molar-refractivity contribution in [3.05, 3.63) is 46.3 Å². The van der Waals surface area contributed by atoms with Crippen molar-refractivity contribution in [3.63, 3.8) is 0 Å². The molecule has 2 aliphatic rings. The van der Waals surface area contributed by atoms with Gasteiger partial charge in [-0.3, -0.25) is 4.99 Å². The first-order valence-electron chi connectivity index (χ1n) is 10.8. The number of benzene rings is 1. The summed E-state index contributed by atoms with van der Waals surface area (Å²) in [4.78, 5) is 17.4. The standard InChI is InChI=1S/C23H29N3O4/c1-4-7-17-15(3)12-16-8-6-9-18(16)21(17)26-20-13-29-23(14-24-20,22(27)28-5-2)19-10-11-25-30-19/h10-12H,4-9,13-14H2,1-3H3,(H,24,26). The van der Waals surface area contributed by atoms with Crippen LogP contribution in [0.1, 0.15) is 54.7 Å². The summed E-state index contributed by atoms with van der Waals surface area (Å²) in [5.41, 5.74) is 5.27. The maximum absolute atomic E-state index is 12.7. The normalized spacial score (nSPS) is 20.6. The van der Waals surface area contributed by atoms with Crippen LogP contribution in [0.4, 0.5) is 5.69 Å². The number of hydrogen-bond donors (Lipinski definition) is 1. The maximum atomic E-state index is 12.7. The zero-order valence-corrected chi connectivity index (χ0v) is 17.9. The van der Waals surface area contributed by atoms with E-state index in [1.807, 2.05) is 0 Å². The summed E-state index contributed by atoms with van der Waals surface area (Å²) in [5.74, 6) is 0.519. The van der Waals surface area contributed by atoms with Gasteiger partial charge >= 0.3 is 5.97 Å². The number of hydrogen-bond acceptors (Lipinski definition) is 7. The molecule has 7 nitrogen and oxygen atoms in total. The Morgan fingerprint density at radius 1 is 1.33 bits per heavy atom. The van der Waals surface area contributed by atoms with Gasteiger partial charge in [-0.2, -0.15) is 0 Å². The highest BCUT2D eigenvalue weighted by atomic mass is 16.6. The van der Waals surface area contributed by atoms with Gasteiger partial charge in [0.25, 0.3) is 0 Å². The molecule has 0 saturated heterocycles. The van der Waals surface area contributed by atoms with Gasteiger partial charge in [-0.1, -0.05) is 24.6 Å². The summed E-state index contributed by atoms with van der Waals surface area (Å²) in [6.45, 7) is 6.64. The van der Waals surface area contributed by atoms with E-state index in [0.717, 1.165) is 25.7 Å². The number of nitrogens with zero attached hydrogens (tertiary/aromatic N) is 2. The van der Waals surface area contributed by atoms with E-state index in [-0.39, 0.29) is 19.8 Å². The minimum Gasteiger partial charge on any atom is -0.463 e. The van der Waals surface area contributed by atoms with Gasteiger partial charge in [-0.05, 0) is 61.8 Å². The molecular formula is C23H29N3O4. The molecule has 0 fully saturated rings. The minimum absolute atomic E-state index is 0.0838. The van der Waals surface area contributed by atoms with Crippen LogP contribution in [-0.4, -0.2) is 36.7 Å². The van der Waals surface area contributed by atoms with Crippen LogP contribution in [0.3, 0.4) is 0 Å². The van der Waals surface area contributed by atoms with Crippen LogP contribution in [0.25, 0.3) is 0 Å². The van der Waals surface area contributed by atoms with Gasteiger partial charge in [0.05, 0.1) is 19.3 Å². The molecule has 0 spiro atoms. The molecule has 1 aromatic heterocycles. The third-order valence-corrected chi connectivity index (χ3v) is 5.89. The second kappa shape index (κ2) is 8.60. The van der Waals surface area contributed by atoms with Crippen LogP contribution in [0.15, 0.2) is 27.8 Å². The van der Waals surface area contributed by atoms with Crippen LogP contribution in [0.2, 0.25) is 0 Å². The maximum Gasteiger partial charge on any atom is 0.348 e. The quantitative estimate of drug-likeness (QED) is 0.729. The zero-order valence-electron chi connectivity index (χ0n) is 17.9. The van der Waals surface area contributed by atoms with E-state index in [9.17, 15) is 4.79 Å². The summed E-state index contributed by atoms with van der Waals surface area (Å²) in [5, 5.41) is 7.28. The first kappa shape index (κ1) is 20.6. The Morgan fingerprint density at radius 2 is 2.20 bits per heavy atom. The van der Waals surface area contributed by atoms with Gasteiger partial charge in [0.15, 0.2) is 5.76 Å². The van der Waals surface area contributed by atoms with E-state index >= 15 is 0 Å². The summed E-state index contributed by atoms with van der Waals surface area (Å²) >= 11 is 0. The lowest BCUT2D eigenvalue weighted by Gasteiger charge is -2.32. The van der Waals surface area contributed by atoms with Crippen molar-refractivity contribution in [2.24, 2.45) is 4.99 Å². The fraction of sp³-hybridized carbons (Fsp3) is 0.522. The number of amidine groups is 1. The predicted molar refractivity (Wildman–Crippen MR) is 114 cm³/mol. The predicted octanol–water partition coefficient (Wildman–Crippen LogP) is 3.72. The molecular weight excluding hydrogens is 382 g/mol. The highest BCUT2D eigenvalue weighted by Crippen LogP contribution is 2.36. The SMILES string of the molecule is CCCc1c(C)cc2c(c1NC1=NCC(C(=O)OCC)(c3ccno3)OC1)CCC2. The van der Waals surface area contributed by atoms with E-state index in [0.29, 0.717) is 11.6 Å². The molecule has 7 heteroatoms. The van der Waals surface area contributed by atoms with Gasteiger partial charge in [0.1, 0.15) is 12.4 Å². The first-order chi connectivity index (χ1) is 14.6. The second-order valence-electron chi connectivity index (χ2n) is 7.89. The van der Waals surface area contributed by atoms with Gasteiger partial charge in [-0.15, -0.1) is 0 Å².